The van der Waals surface area contributed by atoms with Gasteiger partial charge in [-0.05, 0) is 55.6 Å². The Labute approximate surface area is 226 Å². The minimum atomic E-state index is -0.654. The van der Waals surface area contributed by atoms with E-state index in [1.54, 1.807) is 0 Å². The quantitative estimate of drug-likeness (QED) is 0.329. The van der Waals surface area contributed by atoms with Gasteiger partial charge < -0.3 is 9.30 Å². The maximum Gasteiger partial charge on any atom is 0.439 e. The number of hydrogen-bond acceptors (Lipinski definition) is 7. The lowest BCUT2D eigenvalue weighted by Gasteiger charge is -2.30. The van der Waals surface area contributed by atoms with Crippen LogP contribution < -0.4 is 5.76 Å². The largest absolute Gasteiger partial charge is 0.439 e. The lowest BCUT2D eigenvalue weighted by molar-refractivity contribution is 0.0583. The molecule has 1 saturated heterocycles. The second-order valence-electron chi connectivity index (χ2n) is 11.0. The molecule has 0 amide bonds. The van der Waals surface area contributed by atoms with Crippen LogP contribution in [0, 0.1) is 17.8 Å². The van der Waals surface area contributed by atoms with E-state index in [0.29, 0.717) is 22.5 Å². The van der Waals surface area contributed by atoms with Crippen LogP contribution in [0.1, 0.15) is 64.1 Å². The molecule has 2 aliphatic rings. The van der Waals surface area contributed by atoms with Gasteiger partial charge in [0.2, 0.25) is 11.6 Å². The standard InChI is InChI=1S/C28H33ClN6O3/c1-16-6-8-18(9-7-16)15-35-23-22(20-4-3-5-21(29)14-20)30-25(26-33-28(36)38-34-26)31-24(23)32-27(35)17(2)19-10-12-37-13-11-19/h3-5,14,16-19H,6-13,15H2,1-2H3,(H,33,34,36)/t16-,17?,18-. The molecule has 0 radical (unpaired) electrons. The molecule has 38 heavy (non-hydrogen) atoms. The zero-order valence-corrected chi connectivity index (χ0v) is 22.6. The Hall–Kier alpha value is -3.04. The Morgan fingerprint density at radius 2 is 1.89 bits per heavy atom. The van der Waals surface area contributed by atoms with Crippen molar-refractivity contribution >= 4 is 22.8 Å². The Morgan fingerprint density at radius 1 is 1.11 bits per heavy atom. The second kappa shape index (κ2) is 10.6. The number of aromatic nitrogens is 6. The number of nitrogens with one attached hydrogen (secondary N) is 1. The first kappa shape index (κ1) is 25.2. The first-order valence-corrected chi connectivity index (χ1v) is 14.0. The Balaban J connectivity index is 1.55. The molecular formula is C28H33ClN6O3. The van der Waals surface area contributed by atoms with Crippen molar-refractivity contribution in [2.45, 2.75) is 64.8 Å². The summed E-state index contributed by atoms with van der Waals surface area (Å²) in [6.07, 6.45) is 6.95. The van der Waals surface area contributed by atoms with E-state index in [1.165, 1.54) is 25.7 Å². The van der Waals surface area contributed by atoms with Gasteiger partial charge in [-0.2, -0.15) is 0 Å². The van der Waals surface area contributed by atoms with Crippen LogP contribution in [0.5, 0.6) is 0 Å². The first-order chi connectivity index (χ1) is 18.5. The summed E-state index contributed by atoms with van der Waals surface area (Å²) in [4.78, 5) is 29.1. The summed E-state index contributed by atoms with van der Waals surface area (Å²) in [6.45, 7) is 7.07. The Bertz CT molecular complexity index is 1480. The van der Waals surface area contributed by atoms with E-state index in [9.17, 15) is 4.79 Å². The van der Waals surface area contributed by atoms with Crippen molar-refractivity contribution in [2.75, 3.05) is 13.2 Å². The number of rotatable bonds is 6. The molecule has 1 aromatic carbocycles. The summed E-state index contributed by atoms with van der Waals surface area (Å²) >= 11 is 6.42. The molecule has 6 rings (SSSR count). The van der Waals surface area contributed by atoms with Gasteiger partial charge in [-0.15, -0.1) is 0 Å². The van der Waals surface area contributed by atoms with Crippen LogP contribution in [-0.4, -0.2) is 42.9 Å². The van der Waals surface area contributed by atoms with Gasteiger partial charge in [-0.3, -0.25) is 9.51 Å². The van der Waals surface area contributed by atoms with Crippen LogP contribution in [0.2, 0.25) is 5.02 Å². The molecule has 1 aliphatic heterocycles. The molecule has 4 aromatic rings. The summed E-state index contributed by atoms with van der Waals surface area (Å²) < 4.78 is 12.8. The Morgan fingerprint density at radius 3 is 2.61 bits per heavy atom. The number of imidazole rings is 1. The van der Waals surface area contributed by atoms with E-state index in [-0.39, 0.29) is 17.6 Å². The van der Waals surface area contributed by atoms with Crippen LogP contribution in [0.25, 0.3) is 34.1 Å². The smallest absolute Gasteiger partial charge is 0.381 e. The zero-order chi connectivity index (χ0) is 26.2. The molecular weight excluding hydrogens is 504 g/mol. The average Bonchev–Trinajstić information content (AvgIpc) is 3.53. The third-order valence-electron chi connectivity index (χ3n) is 8.34. The van der Waals surface area contributed by atoms with Crippen molar-refractivity contribution < 1.29 is 9.26 Å². The number of fused-ring (bicyclic) bond motifs is 1. The highest BCUT2D eigenvalue weighted by Crippen LogP contribution is 2.38. The monoisotopic (exact) mass is 536 g/mol. The minimum Gasteiger partial charge on any atom is -0.381 e. The zero-order valence-electron chi connectivity index (χ0n) is 21.8. The Kier molecular flexibility index (Phi) is 7.05. The molecule has 1 aliphatic carbocycles. The van der Waals surface area contributed by atoms with Gasteiger partial charge >= 0.3 is 5.76 Å². The molecule has 9 nitrogen and oxygen atoms in total. The maximum absolute atomic E-state index is 11.7. The van der Waals surface area contributed by atoms with Gasteiger partial charge in [0, 0.05) is 36.3 Å². The van der Waals surface area contributed by atoms with Crippen molar-refractivity contribution in [3.8, 4) is 22.9 Å². The summed E-state index contributed by atoms with van der Waals surface area (Å²) in [5.41, 5.74) is 3.07. The fourth-order valence-corrected chi connectivity index (χ4v) is 6.24. The number of aromatic amines is 1. The van der Waals surface area contributed by atoms with E-state index in [1.807, 2.05) is 24.3 Å². The number of H-pyrrole nitrogens is 1. The summed E-state index contributed by atoms with van der Waals surface area (Å²) in [6, 6.07) is 7.65. The topological polar surface area (TPSA) is 112 Å². The number of hydrogen-bond donors (Lipinski definition) is 1. The van der Waals surface area contributed by atoms with Gasteiger partial charge in [0.1, 0.15) is 17.0 Å². The van der Waals surface area contributed by atoms with Gasteiger partial charge in [-0.1, -0.05) is 55.6 Å². The van der Waals surface area contributed by atoms with E-state index >= 15 is 0 Å². The highest BCUT2D eigenvalue weighted by atomic mass is 35.5. The van der Waals surface area contributed by atoms with Gasteiger partial charge in [-0.25, -0.2) is 19.7 Å². The molecule has 2 fully saturated rings. The number of halogens is 1. The molecule has 1 atom stereocenters. The van der Waals surface area contributed by atoms with Gasteiger partial charge in [0.15, 0.2) is 5.65 Å². The third kappa shape index (κ3) is 5.01. The fourth-order valence-electron chi connectivity index (χ4n) is 6.05. The molecule has 10 heteroatoms. The van der Waals surface area contributed by atoms with E-state index in [2.05, 4.69) is 28.6 Å². The summed E-state index contributed by atoms with van der Waals surface area (Å²) in [5, 5.41) is 4.46. The highest BCUT2D eigenvalue weighted by molar-refractivity contribution is 6.30. The lowest BCUT2D eigenvalue weighted by atomic mass is 9.82. The first-order valence-electron chi connectivity index (χ1n) is 13.6. The highest BCUT2D eigenvalue weighted by Gasteiger charge is 2.30. The third-order valence-corrected chi connectivity index (χ3v) is 8.57. The van der Waals surface area contributed by atoms with E-state index in [4.69, 9.17) is 35.8 Å². The maximum atomic E-state index is 11.7. The van der Waals surface area contributed by atoms with Crippen molar-refractivity contribution in [3.05, 3.63) is 45.7 Å². The van der Waals surface area contributed by atoms with Crippen LogP contribution in [0.15, 0.2) is 33.6 Å². The predicted molar refractivity (Wildman–Crippen MR) is 145 cm³/mol. The molecule has 1 N–H and O–H groups in total. The van der Waals surface area contributed by atoms with Crippen molar-refractivity contribution in [1.29, 1.82) is 0 Å². The second-order valence-corrected chi connectivity index (χ2v) is 11.4. The average molecular weight is 537 g/mol. The lowest BCUT2D eigenvalue weighted by Crippen LogP contribution is -2.24. The molecule has 3 aromatic heterocycles. The van der Waals surface area contributed by atoms with Crippen molar-refractivity contribution in [3.63, 3.8) is 0 Å². The van der Waals surface area contributed by atoms with Gasteiger partial charge in [0.25, 0.3) is 0 Å². The molecule has 1 saturated carbocycles. The van der Waals surface area contributed by atoms with E-state index in [0.717, 1.165) is 61.1 Å². The molecule has 1 unspecified atom stereocenters. The fraction of sp³-hybridized carbons (Fsp3) is 0.536. The van der Waals surface area contributed by atoms with Crippen molar-refractivity contribution in [2.24, 2.45) is 17.8 Å². The van der Waals surface area contributed by atoms with Crippen LogP contribution in [0.3, 0.4) is 0 Å². The molecule has 0 bridgehead atoms. The SMILES string of the molecule is CC(c1nc2nc(-c3noc(=O)[nH]3)nc(-c3cccc(Cl)c3)c2n1C[C@H]1CC[C@H](C)CC1)C1CCOCC1. The normalized spacial score (nSPS) is 21.7. The summed E-state index contributed by atoms with van der Waals surface area (Å²) in [7, 11) is 0. The number of ether oxygens (including phenoxy) is 1. The molecule has 0 spiro atoms. The van der Waals surface area contributed by atoms with Gasteiger partial charge in [0.05, 0.1) is 0 Å². The van der Waals surface area contributed by atoms with Crippen LogP contribution >= 0.6 is 11.6 Å². The predicted octanol–water partition coefficient (Wildman–Crippen LogP) is 5.85. The number of nitrogens with zero attached hydrogens (tertiary/aromatic N) is 5. The summed E-state index contributed by atoms with van der Waals surface area (Å²) in [5.74, 6) is 2.90. The minimum absolute atomic E-state index is 0.176. The van der Waals surface area contributed by atoms with Crippen LogP contribution in [-0.2, 0) is 11.3 Å². The molecule has 4 heterocycles. The van der Waals surface area contributed by atoms with Crippen molar-refractivity contribution in [1.82, 2.24) is 29.7 Å². The molecule has 200 valence electrons. The van der Waals surface area contributed by atoms with E-state index < -0.39 is 5.76 Å². The van der Waals surface area contributed by atoms with Crippen LogP contribution in [0.4, 0.5) is 0 Å². The number of benzene rings is 1.